The van der Waals surface area contributed by atoms with Gasteiger partial charge in [-0.25, -0.2) is 0 Å². The third kappa shape index (κ3) is 2.96. The summed E-state index contributed by atoms with van der Waals surface area (Å²) in [7, 11) is 0. The minimum atomic E-state index is -0.710. The van der Waals surface area contributed by atoms with Crippen LogP contribution >= 0.6 is 0 Å². The number of nitrogens with one attached hydrogen (secondary N) is 1. The summed E-state index contributed by atoms with van der Waals surface area (Å²) < 4.78 is 6.01. The van der Waals surface area contributed by atoms with Gasteiger partial charge in [0.2, 0.25) is 0 Å². The lowest BCUT2D eigenvalue weighted by molar-refractivity contribution is -0.141. The Balaban J connectivity index is 1.66. The fraction of sp³-hybridized carbons (Fsp3) is 0.562. The Morgan fingerprint density at radius 3 is 2.80 bits per heavy atom. The van der Waals surface area contributed by atoms with Crippen LogP contribution in [0.3, 0.4) is 0 Å². The molecule has 0 bridgehead atoms. The standard InChI is InChI=1S/C16H21NO3/c18-16(19)12-9-15(17-10-12)11-4-3-7-14(8-11)20-13-5-1-2-6-13/h3-4,7-8,12-13,15,17H,1-2,5-6,9-10H2,(H,18,19). The summed E-state index contributed by atoms with van der Waals surface area (Å²) in [6.45, 7) is 0.549. The van der Waals surface area contributed by atoms with Crippen molar-refractivity contribution in [1.29, 1.82) is 0 Å². The van der Waals surface area contributed by atoms with Gasteiger partial charge in [-0.15, -0.1) is 0 Å². The molecular weight excluding hydrogens is 254 g/mol. The third-order valence-electron chi connectivity index (χ3n) is 4.35. The second-order valence-corrected chi connectivity index (χ2v) is 5.83. The van der Waals surface area contributed by atoms with Crippen LogP contribution in [-0.4, -0.2) is 23.7 Å². The van der Waals surface area contributed by atoms with Crippen LogP contribution in [0, 0.1) is 5.92 Å². The maximum absolute atomic E-state index is 11.0. The van der Waals surface area contributed by atoms with Crippen LogP contribution in [0.15, 0.2) is 24.3 Å². The first-order valence-corrected chi connectivity index (χ1v) is 7.45. The van der Waals surface area contributed by atoms with E-state index < -0.39 is 5.97 Å². The SMILES string of the molecule is O=C(O)C1CNC(c2cccc(OC3CCCC3)c2)C1. The molecule has 1 aromatic rings. The maximum atomic E-state index is 11.0. The summed E-state index contributed by atoms with van der Waals surface area (Å²) in [4.78, 5) is 11.0. The summed E-state index contributed by atoms with van der Waals surface area (Å²) in [5.41, 5.74) is 1.13. The van der Waals surface area contributed by atoms with Crippen molar-refractivity contribution in [3.63, 3.8) is 0 Å². The second-order valence-electron chi connectivity index (χ2n) is 5.83. The minimum absolute atomic E-state index is 0.128. The summed E-state index contributed by atoms with van der Waals surface area (Å²) in [5.74, 6) is -0.0762. The summed E-state index contributed by atoms with van der Waals surface area (Å²) >= 11 is 0. The number of hydrogen-bond donors (Lipinski definition) is 2. The van der Waals surface area contributed by atoms with Gasteiger partial charge in [0.1, 0.15) is 5.75 Å². The van der Waals surface area contributed by atoms with E-state index in [4.69, 9.17) is 9.84 Å². The van der Waals surface area contributed by atoms with Gasteiger partial charge in [0, 0.05) is 12.6 Å². The number of carboxylic acids is 1. The molecule has 0 spiro atoms. The van der Waals surface area contributed by atoms with Gasteiger partial charge >= 0.3 is 5.97 Å². The predicted molar refractivity (Wildman–Crippen MR) is 75.8 cm³/mol. The van der Waals surface area contributed by atoms with E-state index in [1.165, 1.54) is 12.8 Å². The van der Waals surface area contributed by atoms with Crippen molar-refractivity contribution in [3.05, 3.63) is 29.8 Å². The fourth-order valence-electron chi connectivity index (χ4n) is 3.18. The first kappa shape index (κ1) is 13.4. The molecule has 1 saturated carbocycles. The molecule has 2 fully saturated rings. The van der Waals surface area contributed by atoms with E-state index >= 15 is 0 Å². The van der Waals surface area contributed by atoms with Crippen LogP contribution < -0.4 is 10.1 Å². The number of carboxylic acid groups (broad SMARTS) is 1. The number of hydrogen-bond acceptors (Lipinski definition) is 3. The van der Waals surface area contributed by atoms with Crippen LogP contribution in [-0.2, 0) is 4.79 Å². The molecule has 108 valence electrons. The molecule has 1 aliphatic carbocycles. The fourth-order valence-corrected chi connectivity index (χ4v) is 3.18. The van der Waals surface area contributed by atoms with E-state index in [1.54, 1.807) is 0 Å². The molecule has 3 rings (SSSR count). The zero-order chi connectivity index (χ0) is 13.9. The van der Waals surface area contributed by atoms with Crippen molar-refractivity contribution in [2.45, 2.75) is 44.2 Å². The molecule has 0 aromatic heterocycles. The largest absolute Gasteiger partial charge is 0.490 e. The normalized spacial score (nSPS) is 26.8. The number of aliphatic carboxylic acids is 1. The van der Waals surface area contributed by atoms with E-state index in [9.17, 15) is 4.79 Å². The van der Waals surface area contributed by atoms with Crippen LogP contribution in [0.2, 0.25) is 0 Å². The number of ether oxygens (including phenoxy) is 1. The van der Waals surface area contributed by atoms with Gasteiger partial charge in [-0.05, 0) is 49.8 Å². The Morgan fingerprint density at radius 1 is 1.30 bits per heavy atom. The first-order valence-electron chi connectivity index (χ1n) is 7.45. The predicted octanol–water partition coefficient (Wildman–Crippen LogP) is 2.74. The van der Waals surface area contributed by atoms with Crippen molar-refractivity contribution >= 4 is 5.97 Å². The lowest BCUT2D eigenvalue weighted by Crippen LogP contribution is -2.17. The van der Waals surface area contributed by atoms with E-state index in [0.29, 0.717) is 19.1 Å². The quantitative estimate of drug-likeness (QED) is 0.887. The minimum Gasteiger partial charge on any atom is -0.490 e. The van der Waals surface area contributed by atoms with E-state index in [1.807, 2.05) is 18.2 Å². The number of carbonyl (C=O) groups is 1. The van der Waals surface area contributed by atoms with Crippen LogP contribution in [0.1, 0.15) is 43.7 Å². The number of benzene rings is 1. The monoisotopic (exact) mass is 275 g/mol. The molecule has 1 saturated heterocycles. The van der Waals surface area contributed by atoms with E-state index in [2.05, 4.69) is 11.4 Å². The van der Waals surface area contributed by atoms with Gasteiger partial charge in [0.25, 0.3) is 0 Å². The average Bonchev–Trinajstić information content (AvgIpc) is 3.09. The molecule has 2 N–H and O–H groups in total. The molecular formula is C16H21NO3. The topological polar surface area (TPSA) is 58.6 Å². The molecule has 4 nitrogen and oxygen atoms in total. The zero-order valence-electron chi connectivity index (χ0n) is 11.5. The molecule has 1 heterocycles. The summed E-state index contributed by atoms with van der Waals surface area (Å²) in [6.07, 6.45) is 5.82. The molecule has 2 unspecified atom stereocenters. The van der Waals surface area contributed by atoms with Crippen LogP contribution in [0.4, 0.5) is 0 Å². The van der Waals surface area contributed by atoms with Crippen molar-refractivity contribution in [3.8, 4) is 5.75 Å². The molecule has 4 heteroatoms. The summed E-state index contributed by atoms with van der Waals surface area (Å²) in [5, 5.41) is 12.3. The average molecular weight is 275 g/mol. The molecule has 1 aliphatic heterocycles. The lowest BCUT2D eigenvalue weighted by atomic mass is 10.00. The van der Waals surface area contributed by atoms with Crippen molar-refractivity contribution in [2.24, 2.45) is 5.92 Å². The van der Waals surface area contributed by atoms with E-state index in [0.717, 1.165) is 24.2 Å². The van der Waals surface area contributed by atoms with Crippen molar-refractivity contribution in [1.82, 2.24) is 5.32 Å². The Bertz CT molecular complexity index is 482. The van der Waals surface area contributed by atoms with Crippen molar-refractivity contribution < 1.29 is 14.6 Å². The number of rotatable bonds is 4. The second kappa shape index (κ2) is 5.83. The Morgan fingerprint density at radius 2 is 2.10 bits per heavy atom. The van der Waals surface area contributed by atoms with Gasteiger partial charge in [0.05, 0.1) is 12.0 Å². The van der Waals surface area contributed by atoms with Crippen LogP contribution in [0.5, 0.6) is 5.75 Å². The first-order chi connectivity index (χ1) is 9.72. The Kier molecular flexibility index (Phi) is 3.92. The maximum Gasteiger partial charge on any atom is 0.307 e. The molecule has 2 aliphatic rings. The Hall–Kier alpha value is -1.55. The highest BCUT2D eigenvalue weighted by Crippen LogP contribution is 2.30. The van der Waals surface area contributed by atoms with Gasteiger partial charge in [-0.1, -0.05) is 12.1 Å². The highest BCUT2D eigenvalue weighted by Gasteiger charge is 2.30. The third-order valence-corrected chi connectivity index (χ3v) is 4.35. The highest BCUT2D eigenvalue weighted by molar-refractivity contribution is 5.70. The van der Waals surface area contributed by atoms with Gasteiger partial charge in [-0.3, -0.25) is 4.79 Å². The highest BCUT2D eigenvalue weighted by atomic mass is 16.5. The smallest absolute Gasteiger partial charge is 0.307 e. The van der Waals surface area contributed by atoms with Crippen LogP contribution in [0.25, 0.3) is 0 Å². The molecule has 2 atom stereocenters. The Labute approximate surface area is 119 Å². The molecule has 1 aromatic carbocycles. The van der Waals surface area contributed by atoms with Gasteiger partial charge < -0.3 is 15.2 Å². The van der Waals surface area contributed by atoms with E-state index in [-0.39, 0.29) is 12.0 Å². The van der Waals surface area contributed by atoms with Gasteiger partial charge in [-0.2, -0.15) is 0 Å². The molecule has 20 heavy (non-hydrogen) atoms. The molecule has 0 radical (unpaired) electrons. The zero-order valence-corrected chi connectivity index (χ0v) is 11.5. The van der Waals surface area contributed by atoms with Crippen molar-refractivity contribution in [2.75, 3.05) is 6.54 Å². The van der Waals surface area contributed by atoms with Gasteiger partial charge in [0.15, 0.2) is 0 Å². The molecule has 0 amide bonds. The lowest BCUT2D eigenvalue weighted by Gasteiger charge is -2.16. The summed E-state index contributed by atoms with van der Waals surface area (Å²) in [6, 6.07) is 8.22.